The van der Waals surface area contributed by atoms with Crippen LogP contribution < -0.4 is 4.74 Å². The Morgan fingerprint density at radius 1 is 0.946 bits per heavy atom. The van der Waals surface area contributed by atoms with E-state index in [1.165, 1.54) is 24.5 Å². The van der Waals surface area contributed by atoms with Crippen LogP contribution in [-0.2, 0) is 18.9 Å². The number of carboxylic acids is 2. The van der Waals surface area contributed by atoms with Crippen LogP contribution in [0.5, 0.6) is 5.88 Å². The van der Waals surface area contributed by atoms with E-state index in [1.807, 2.05) is 27.7 Å². The van der Waals surface area contributed by atoms with Gasteiger partial charge in [-0.25, -0.2) is 19.6 Å². The van der Waals surface area contributed by atoms with Gasteiger partial charge < -0.3 is 39.0 Å². The van der Waals surface area contributed by atoms with Crippen molar-refractivity contribution in [3.05, 3.63) is 52.4 Å². The topological polar surface area (TPSA) is 167 Å². The number of halogens is 1. The molecule has 3 N–H and O–H groups in total. The van der Waals surface area contributed by atoms with Crippen molar-refractivity contribution in [2.24, 2.45) is 0 Å². The van der Waals surface area contributed by atoms with E-state index in [0.29, 0.717) is 17.8 Å². The lowest BCUT2D eigenvalue weighted by Crippen LogP contribution is -2.25. The molecule has 0 aromatic carbocycles. The van der Waals surface area contributed by atoms with E-state index in [-0.39, 0.29) is 42.4 Å². The zero-order valence-corrected chi connectivity index (χ0v) is 22.5. The number of hydrogen-bond acceptors (Lipinski definition) is 10. The maximum atomic E-state index is 10.9. The second-order valence-electron chi connectivity index (χ2n) is 8.70. The van der Waals surface area contributed by atoms with Gasteiger partial charge in [-0.1, -0.05) is 0 Å². The van der Waals surface area contributed by atoms with Crippen LogP contribution in [0.1, 0.15) is 48.4 Å². The van der Waals surface area contributed by atoms with Crippen molar-refractivity contribution in [3.8, 4) is 5.88 Å². The Morgan fingerprint density at radius 3 is 1.86 bits per heavy atom. The van der Waals surface area contributed by atoms with E-state index in [9.17, 15) is 9.59 Å². The molecule has 2 saturated heterocycles. The van der Waals surface area contributed by atoms with Crippen molar-refractivity contribution in [1.82, 2.24) is 9.97 Å². The van der Waals surface area contributed by atoms with E-state index in [1.54, 1.807) is 12.1 Å². The Morgan fingerprint density at radius 2 is 1.46 bits per heavy atom. The lowest BCUT2D eigenvalue weighted by Gasteiger charge is -2.17. The summed E-state index contributed by atoms with van der Waals surface area (Å²) >= 11 is 3.00. The quantitative estimate of drug-likeness (QED) is 0.424. The standard InChI is InChI=1S/C12H15NO5.C6H4BrNO2.C6H12O3/c1-12(2)17-7-8(18-12)6-16-10-9(11(14)15)4-3-5-13-10;7-5-4(6(9)10)2-1-3-8-5;1-6(2)8-4-5(3-7)9-6/h3-5,8H,6-7H2,1-2H3,(H,14,15);1-3H,(H,9,10);5,7H,3-4H2,1-2H3. The molecular weight excluding hydrogens is 556 g/mol. The monoisotopic (exact) mass is 586 g/mol. The van der Waals surface area contributed by atoms with Gasteiger partial charge >= 0.3 is 11.9 Å². The molecule has 0 spiro atoms. The van der Waals surface area contributed by atoms with Crippen LogP contribution in [0.2, 0.25) is 0 Å². The molecule has 0 saturated carbocycles. The molecule has 204 valence electrons. The number of hydrogen-bond donors (Lipinski definition) is 3. The third-order valence-electron chi connectivity index (χ3n) is 4.74. The Labute approximate surface area is 222 Å². The molecule has 2 aliphatic heterocycles. The van der Waals surface area contributed by atoms with Crippen LogP contribution in [0.25, 0.3) is 0 Å². The molecule has 2 unspecified atom stereocenters. The largest absolute Gasteiger partial charge is 0.478 e. The first-order valence-corrected chi connectivity index (χ1v) is 12.0. The third kappa shape index (κ3) is 10.3. The minimum Gasteiger partial charge on any atom is -0.478 e. The molecule has 2 aromatic rings. The van der Waals surface area contributed by atoms with Crippen LogP contribution in [0.4, 0.5) is 0 Å². The molecule has 4 rings (SSSR count). The fourth-order valence-corrected chi connectivity index (χ4v) is 3.50. The number of rotatable bonds is 6. The maximum Gasteiger partial charge on any atom is 0.341 e. The molecular formula is C24H31BrN2O10. The number of aliphatic hydroxyl groups excluding tert-OH is 1. The summed E-state index contributed by atoms with van der Waals surface area (Å²) < 4.78 is 27.1. The highest BCUT2D eigenvalue weighted by atomic mass is 79.9. The summed E-state index contributed by atoms with van der Waals surface area (Å²) in [4.78, 5) is 28.9. The molecule has 37 heavy (non-hydrogen) atoms. The number of aromatic nitrogens is 2. The normalized spacial score (nSPS) is 21.1. The maximum absolute atomic E-state index is 10.9. The second-order valence-corrected chi connectivity index (χ2v) is 9.45. The summed E-state index contributed by atoms with van der Waals surface area (Å²) in [6.45, 7) is 8.48. The van der Waals surface area contributed by atoms with Crippen molar-refractivity contribution >= 4 is 27.9 Å². The van der Waals surface area contributed by atoms with Gasteiger partial charge in [0, 0.05) is 12.4 Å². The zero-order valence-electron chi connectivity index (χ0n) is 20.9. The van der Waals surface area contributed by atoms with Gasteiger partial charge in [0.2, 0.25) is 5.88 Å². The number of carbonyl (C=O) groups is 2. The molecule has 13 heteroatoms. The van der Waals surface area contributed by atoms with E-state index in [4.69, 9.17) is 39.0 Å². The predicted molar refractivity (Wildman–Crippen MR) is 132 cm³/mol. The number of pyridine rings is 2. The summed E-state index contributed by atoms with van der Waals surface area (Å²) in [5, 5.41) is 26.1. The van der Waals surface area contributed by atoms with Gasteiger partial charge in [-0.15, -0.1) is 0 Å². The number of aromatic carboxylic acids is 2. The van der Waals surface area contributed by atoms with Crippen molar-refractivity contribution < 1.29 is 48.6 Å². The van der Waals surface area contributed by atoms with Crippen molar-refractivity contribution in [2.75, 3.05) is 26.4 Å². The summed E-state index contributed by atoms with van der Waals surface area (Å²) in [5.74, 6) is -3.05. The Balaban J connectivity index is 0.000000214. The van der Waals surface area contributed by atoms with Gasteiger partial charge in [0.05, 0.1) is 25.4 Å². The average Bonchev–Trinajstić information content (AvgIpc) is 3.38. The smallest absolute Gasteiger partial charge is 0.341 e. The van der Waals surface area contributed by atoms with Gasteiger partial charge in [-0.3, -0.25) is 0 Å². The number of nitrogens with zero attached hydrogens (tertiary/aromatic N) is 2. The zero-order chi connectivity index (χ0) is 27.6. The number of aliphatic hydroxyl groups is 1. The molecule has 0 bridgehead atoms. The minimum atomic E-state index is -1.07. The first kappa shape index (κ1) is 30.5. The Bertz CT molecular complexity index is 1050. The molecule has 0 amide bonds. The fraction of sp³-hybridized carbons (Fsp3) is 0.500. The lowest BCUT2D eigenvalue weighted by molar-refractivity contribution is -0.142. The Kier molecular flexibility index (Phi) is 11.3. The summed E-state index contributed by atoms with van der Waals surface area (Å²) in [7, 11) is 0. The summed E-state index contributed by atoms with van der Waals surface area (Å²) in [6, 6.07) is 6.06. The SMILES string of the molecule is CC1(C)OCC(CO)O1.CC1(C)OCC(COc2ncccc2C(=O)O)O1.O=C(O)c1cccnc1Br. The van der Waals surface area contributed by atoms with Gasteiger partial charge in [0.1, 0.15) is 29.0 Å². The molecule has 0 radical (unpaired) electrons. The van der Waals surface area contributed by atoms with Crippen LogP contribution in [0.15, 0.2) is 41.3 Å². The average molecular weight is 587 g/mol. The molecule has 2 aromatic heterocycles. The summed E-state index contributed by atoms with van der Waals surface area (Å²) in [6.07, 6.45) is 2.66. The van der Waals surface area contributed by atoms with Gasteiger partial charge in [-0.05, 0) is 67.9 Å². The highest BCUT2D eigenvalue weighted by Gasteiger charge is 2.33. The molecule has 4 heterocycles. The van der Waals surface area contributed by atoms with Gasteiger partial charge in [-0.2, -0.15) is 0 Å². The molecule has 12 nitrogen and oxygen atoms in total. The first-order valence-electron chi connectivity index (χ1n) is 11.2. The van der Waals surface area contributed by atoms with E-state index >= 15 is 0 Å². The van der Waals surface area contributed by atoms with Crippen LogP contribution in [0, 0.1) is 0 Å². The lowest BCUT2D eigenvalue weighted by atomic mass is 10.3. The predicted octanol–water partition coefficient (Wildman–Crippen LogP) is 2.98. The highest BCUT2D eigenvalue weighted by Crippen LogP contribution is 2.23. The van der Waals surface area contributed by atoms with E-state index in [2.05, 4.69) is 25.9 Å². The van der Waals surface area contributed by atoms with E-state index in [0.717, 1.165) is 0 Å². The first-order chi connectivity index (χ1) is 17.3. The molecule has 2 atom stereocenters. The number of ether oxygens (including phenoxy) is 5. The highest BCUT2D eigenvalue weighted by molar-refractivity contribution is 9.10. The van der Waals surface area contributed by atoms with E-state index < -0.39 is 23.5 Å². The second kappa shape index (κ2) is 13.7. The van der Waals surface area contributed by atoms with Crippen LogP contribution >= 0.6 is 15.9 Å². The van der Waals surface area contributed by atoms with Gasteiger partial charge in [0.15, 0.2) is 11.6 Å². The summed E-state index contributed by atoms with van der Waals surface area (Å²) in [5.41, 5.74) is 0.221. The van der Waals surface area contributed by atoms with Gasteiger partial charge in [0.25, 0.3) is 0 Å². The van der Waals surface area contributed by atoms with Crippen LogP contribution in [-0.4, -0.2) is 87.4 Å². The minimum absolute atomic E-state index is 0.0377. The Hall–Kier alpha value is -2.68. The van der Waals surface area contributed by atoms with Crippen molar-refractivity contribution in [2.45, 2.75) is 51.5 Å². The van der Waals surface area contributed by atoms with Crippen molar-refractivity contribution in [3.63, 3.8) is 0 Å². The molecule has 2 aliphatic rings. The third-order valence-corrected chi connectivity index (χ3v) is 5.37. The molecule has 2 fully saturated rings. The van der Waals surface area contributed by atoms with Crippen molar-refractivity contribution in [1.29, 1.82) is 0 Å². The van der Waals surface area contributed by atoms with Crippen LogP contribution in [0.3, 0.4) is 0 Å². The fourth-order valence-electron chi connectivity index (χ4n) is 3.08. The number of carboxylic acid groups (broad SMARTS) is 2. The molecule has 0 aliphatic carbocycles.